The van der Waals surface area contributed by atoms with Gasteiger partial charge in [0, 0.05) is 5.41 Å². The van der Waals surface area contributed by atoms with Crippen molar-refractivity contribution < 1.29 is 124 Å². The maximum Gasteiger partial charge on any atom is 0.335 e. The molecule has 4 heterocycles. The fourth-order valence-electron chi connectivity index (χ4n) is 16.4. The maximum atomic E-state index is 15.1. The molecule has 0 unspecified atom stereocenters. The molecule has 0 amide bonds. The maximum absolute atomic E-state index is 15.1. The molecule has 8 fully saturated rings. The van der Waals surface area contributed by atoms with Gasteiger partial charge in [-0.25, -0.2) is 4.79 Å². The van der Waals surface area contributed by atoms with Crippen molar-refractivity contribution in [2.24, 2.45) is 50.2 Å². The monoisotopic (exact) mass is 1130 g/mol. The molecule has 29 atom stereocenters. The van der Waals surface area contributed by atoms with E-state index in [9.17, 15) is 81.4 Å². The summed E-state index contributed by atoms with van der Waals surface area (Å²) in [4.78, 5) is 27.5. The SMILES string of the molecule is CC1(C)CC[C@]2(C(=O)O[C@@H]3O[C@H](CO[C@@H]4O[C@H](CO)[C@@H](O)[C@H](O)[C@H]4O)[C@@H](O)[C@H](O)[C@H]3O)CC[C@]3(C)C(=CC[C@@H]4[C@@]5(C)CC[C@H](O[C@@H]6O[C@H](C(=O)O)[C@@H](O)[C@H](O)[C@H]6O[C@@H]6O[C@H](CO)[C@H](O)[C@H](O)[C@H]6O)[C@@](C)(CO)[C@@H]5CC[C@]43C)[C@@H]2C1. The topological polar surface area (TPSA) is 411 Å². The van der Waals surface area contributed by atoms with Crippen molar-refractivity contribution in [2.75, 3.05) is 26.4 Å². The molecule has 4 saturated carbocycles. The van der Waals surface area contributed by atoms with E-state index in [2.05, 4.69) is 40.7 Å². The number of carboxylic acid groups (broad SMARTS) is 1. The number of carboxylic acids is 1. The first-order chi connectivity index (χ1) is 37.0. The Morgan fingerprint density at radius 1 is 0.582 bits per heavy atom. The first-order valence-corrected chi connectivity index (χ1v) is 28.0. The molecule has 9 aliphatic rings. The Kier molecular flexibility index (Phi) is 17.4. The highest BCUT2D eigenvalue weighted by Crippen LogP contribution is 2.76. The normalized spacial score (nSPS) is 53.5. The van der Waals surface area contributed by atoms with Crippen molar-refractivity contribution in [1.82, 2.24) is 0 Å². The lowest BCUT2D eigenvalue weighted by molar-refractivity contribution is -0.375. The van der Waals surface area contributed by atoms with Gasteiger partial charge in [-0.1, -0.05) is 53.2 Å². The van der Waals surface area contributed by atoms with Crippen LogP contribution in [0, 0.1) is 50.2 Å². The number of aliphatic hydroxyl groups is 14. The summed E-state index contributed by atoms with van der Waals surface area (Å²) in [7, 11) is 0. The van der Waals surface area contributed by atoms with Crippen LogP contribution in [0.25, 0.3) is 0 Å². The zero-order valence-electron chi connectivity index (χ0n) is 45.6. The lowest BCUT2D eigenvalue weighted by Crippen LogP contribution is -2.68. The zero-order valence-corrected chi connectivity index (χ0v) is 45.6. The van der Waals surface area contributed by atoms with Gasteiger partial charge in [0.15, 0.2) is 25.0 Å². The Bertz CT molecular complexity index is 2220. The summed E-state index contributed by atoms with van der Waals surface area (Å²) in [5.41, 5.74) is -2.37. The average molecular weight is 1140 g/mol. The highest BCUT2D eigenvalue weighted by Gasteiger charge is 2.71. The van der Waals surface area contributed by atoms with Crippen molar-refractivity contribution >= 4 is 11.9 Å². The van der Waals surface area contributed by atoms with Crippen molar-refractivity contribution in [3.05, 3.63) is 11.6 Å². The minimum Gasteiger partial charge on any atom is -0.479 e. The molecular weight excluding hydrogens is 1050 g/mol. The Labute approximate surface area is 457 Å². The first-order valence-electron chi connectivity index (χ1n) is 28.0. The number of hydrogen-bond acceptors (Lipinski definition) is 24. The fourth-order valence-corrected chi connectivity index (χ4v) is 16.4. The third kappa shape index (κ3) is 10.1. The Balaban J connectivity index is 0.947. The average Bonchev–Trinajstić information content (AvgIpc) is 3.10. The van der Waals surface area contributed by atoms with E-state index in [4.69, 9.17) is 37.9 Å². The summed E-state index contributed by atoms with van der Waals surface area (Å²) >= 11 is 0. The second kappa shape index (κ2) is 22.4. The molecule has 0 bridgehead atoms. The van der Waals surface area contributed by atoms with Gasteiger partial charge in [-0.15, -0.1) is 0 Å². The summed E-state index contributed by atoms with van der Waals surface area (Å²) in [6.07, 6.45) is -28.0. The molecule has 25 nitrogen and oxygen atoms in total. The van der Waals surface area contributed by atoms with Crippen LogP contribution >= 0.6 is 0 Å². The molecule has 0 aromatic heterocycles. The van der Waals surface area contributed by atoms with Gasteiger partial charge in [0.05, 0.1) is 37.9 Å². The van der Waals surface area contributed by atoms with Gasteiger partial charge < -0.3 is 114 Å². The number of carbonyl (C=O) groups is 2. The second-order valence-electron chi connectivity index (χ2n) is 26.2. The molecule has 79 heavy (non-hydrogen) atoms. The van der Waals surface area contributed by atoms with Crippen LogP contribution in [-0.4, -0.2) is 244 Å². The summed E-state index contributed by atoms with van der Waals surface area (Å²) < 4.78 is 47.1. The van der Waals surface area contributed by atoms with Crippen LogP contribution in [0.5, 0.6) is 0 Å². The van der Waals surface area contributed by atoms with Crippen LogP contribution < -0.4 is 0 Å². The summed E-state index contributed by atoms with van der Waals surface area (Å²) in [5.74, 6) is -2.71. The number of hydrogen-bond donors (Lipinski definition) is 15. The largest absolute Gasteiger partial charge is 0.479 e. The number of carbonyl (C=O) groups excluding carboxylic acids is 1. The molecule has 0 radical (unpaired) electrons. The Morgan fingerprint density at radius 2 is 1.15 bits per heavy atom. The Morgan fingerprint density at radius 3 is 1.76 bits per heavy atom. The molecule has 15 N–H and O–H groups in total. The third-order valence-electron chi connectivity index (χ3n) is 21.5. The molecule has 0 spiro atoms. The molecule has 4 saturated heterocycles. The van der Waals surface area contributed by atoms with Gasteiger partial charge in [0.1, 0.15) is 91.6 Å². The van der Waals surface area contributed by atoms with Crippen LogP contribution in [0.15, 0.2) is 11.6 Å². The highest BCUT2D eigenvalue weighted by molar-refractivity contribution is 5.79. The van der Waals surface area contributed by atoms with E-state index in [0.29, 0.717) is 64.2 Å². The van der Waals surface area contributed by atoms with Crippen LogP contribution in [-0.2, 0) is 47.5 Å². The van der Waals surface area contributed by atoms with Gasteiger partial charge in [0.25, 0.3) is 0 Å². The molecule has 4 aliphatic heterocycles. The van der Waals surface area contributed by atoms with Crippen molar-refractivity contribution in [1.29, 1.82) is 0 Å². The van der Waals surface area contributed by atoms with E-state index in [1.54, 1.807) is 0 Å². The summed E-state index contributed by atoms with van der Waals surface area (Å²) in [6, 6.07) is 0. The second-order valence-corrected chi connectivity index (χ2v) is 26.2. The number of fused-ring (bicyclic) bond motifs is 7. The van der Waals surface area contributed by atoms with E-state index in [1.165, 1.54) is 0 Å². The number of esters is 1. The van der Waals surface area contributed by atoms with Gasteiger partial charge in [-0.05, 0) is 104 Å². The minimum atomic E-state index is -2.05. The van der Waals surface area contributed by atoms with E-state index in [1.807, 2.05) is 6.92 Å². The van der Waals surface area contributed by atoms with Crippen molar-refractivity contribution in [3.63, 3.8) is 0 Å². The van der Waals surface area contributed by atoms with Crippen LogP contribution in [0.1, 0.15) is 106 Å². The van der Waals surface area contributed by atoms with Crippen molar-refractivity contribution in [2.45, 2.75) is 235 Å². The predicted molar refractivity (Wildman–Crippen MR) is 265 cm³/mol. The number of aliphatic hydroxyl groups excluding tert-OH is 14. The molecule has 9 rings (SSSR count). The number of aliphatic carboxylic acids is 1. The number of rotatable bonds is 13. The third-order valence-corrected chi connectivity index (χ3v) is 21.5. The first kappa shape index (κ1) is 61.4. The molecule has 5 aliphatic carbocycles. The zero-order chi connectivity index (χ0) is 57.9. The van der Waals surface area contributed by atoms with Gasteiger partial charge in [0.2, 0.25) is 6.29 Å². The summed E-state index contributed by atoms with van der Waals surface area (Å²) in [5, 5.41) is 159. The van der Waals surface area contributed by atoms with Crippen LogP contribution in [0.2, 0.25) is 0 Å². The lowest BCUT2D eigenvalue weighted by Gasteiger charge is -2.71. The lowest BCUT2D eigenvalue weighted by atomic mass is 9.33. The van der Waals surface area contributed by atoms with Crippen LogP contribution in [0.4, 0.5) is 0 Å². The van der Waals surface area contributed by atoms with Crippen LogP contribution in [0.3, 0.4) is 0 Å². The van der Waals surface area contributed by atoms with E-state index in [0.717, 1.165) is 5.57 Å². The quantitative estimate of drug-likeness (QED) is 0.0497. The molecule has 452 valence electrons. The Hall–Kier alpha value is -2.16. The number of ether oxygens (including phenoxy) is 8. The van der Waals surface area contributed by atoms with Gasteiger partial charge >= 0.3 is 11.9 Å². The number of allylic oxidation sites excluding steroid dienone is 2. The fraction of sp³-hybridized carbons (Fsp3) is 0.926. The van der Waals surface area contributed by atoms with Gasteiger partial charge in [-0.3, -0.25) is 4.79 Å². The molecule has 0 aromatic rings. The van der Waals surface area contributed by atoms with Gasteiger partial charge in [-0.2, -0.15) is 0 Å². The predicted octanol–water partition coefficient (Wildman–Crippen LogP) is -2.97. The highest BCUT2D eigenvalue weighted by atomic mass is 16.8. The minimum absolute atomic E-state index is 0.0396. The van der Waals surface area contributed by atoms with E-state index >= 15 is 4.79 Å². The summed E-state index contributed by atoms with van der Waals surface area (Å²) in [6.45, 7) is 10.6. The van der Waals surface area contributed by atoms with E-state index < -0.39 is 182 Å². The molecule has 0 aromatic carbocycles. The standard InChI is InChI=1S/C54H86O25/c1-49(2)13-15-54(48(71)79-46-40(68)35(63)32(60)26(75-46)20-72-44-38(66)33(61)30(58)24(18-55)73-44)16-14-52(5)22(23(54)17-49)7-8-28-50(3)11-10-29(51(4,21-57)27(50)9-12-53(28,52)6)76-47-42(37(65)36(64)41(77-47)43(69)70)78-45-39(67)34(62)31(59)25(19-56)74-45/h7,23-42,44-47,55-68H,8-21H2,1-6H3,(H,69,70)/t23-,24+,25+,26+,27+,28+,29-,30+,31-,32+,33-,34-,35-,36-,37-,38+,39+,40+,41-,42+,44+,45-,46-,47+,50-,51-,52+,53+,54-/m0/s1. The van der Waals surface area contributed by atoms with Crippen molar-refractivity contribution in [3.8, 4) is 0 Å². The van der Waals surface area contributed by atoms with E-state index in [-0.39, 0.29) is 35.2 Å². The smallest absolute Gasteiger partial charge is 0.335 e. The molecular formula is C54H86O25. The molecule has 25 heteroatoms.